The maximum absolute atomic E-state index is 8.67. The fourth-order valence-corrected chi connectivity index (χ4v) is 1.09. The Balaban J connectivity index is 3.31. The normalized spacial score (nSPS) is 9.17. The van der Waals surface area contributed by atoms with Gasteiger partial charge in [-0.25, -0.2) is 0 Å². The second kappa shape index (κ2) is 3.46. The molecule has 1 aromatic carbocycles. The second-order valence-corrected chi connectivity index (χ2v) is 2.80. The first-order valence-corrected chi connectivity index (χ1v) is 3.81. The summed E-state index contributed by atoms with van der Waals surface area (Å²) in [5, 5.41) is 9.17. The summed E-state index contributed by atoms with van der Waals surface area (Å²) in [5.74, 6) is 0.661. The van der Waals surface area contributed by atoms with E-state index in [2.05, 4.69) is 0 Å². The lowest BCUT2D eigenvalue weighted by Crippen LogP contribution is -1.87. The Morgan fingerprint density at radius 3 is 2.67 bits per heavy atom. The molecule has 0 aliphatic rings. The molecular weight excluding hydrogens is 174 g/mol. The largest absolute Gasteiger partial charge is 0.497 e. The fourth-order valence-electron chi connectivity index (χ4n) is 0.936. The Morgan fingerprint density at radius 2 is 2.17 bits per heavy atom. The van der Waals surface area contributed by atoms with Crippen molar-refractivity contribution in [2.75, 3.05) is 7.11 Å². The number of methoxy groups -OCH3 is 1. The fraction of sp³-hybridized carbons (Fsp3) is 0.222. The van der Waals surface area contributed by atoms with Crippen LogP contribution < -0.4 is 4.74 Å². The molecule has 0 unspecified atom stereocenters. The number of hydrogen-bond acceptors (Lipinski definition) is 2. The van der Waals surface area contributed by atoms with Gasteiger partial charge in [-0.15, -0.1) is 0 Å². The molecule has 0 spiro atoms. The third-order valence-corrected chi connectivity index (χ3v) is 2.09. The predicted octanol–water partition coefficient (Wildman–Crippen LogP) is 2.53. The molecule has 0 bridgehead atoms. The van der Waals surface area contributed by atoms with Crippen molar-refractivity contribution in [2.45, 2.75) is 6.92 Å². The van der Waals surface area contributed by atoms with Gasteiger partial charge < -0.3 is 4.74 Å². The van der Waals surface area contributed by atoms with Crippen LogP contribution in [-0.2, 0) is 0 Å². The van der Waals surface area contributed by atoms with Gasteiger partial charge >= 0.3 is 0 Å². The highest BCUT2D eigenvalue weighted by atomic mass is 35.5. The molecule has 0 radical (unpaired) electrons. The number of ether oxygens (including phenoxy) is 1. The van der Waals surface area contributed by atoms with Gasteiger partial charge in [-0.3, -0.25) is 0 Å². The predicted molar refractivity (Wildman–Crippen MR) is 47.5 cm³/mol. The van der Waals surface area contributed by atoms with Crippen molar-refractivity contribution < 1.29 is 4.74 Å². The number of hydrogen-bond donors (Lipinski definition) is 0. The Morgan fingerprint density at radius 1 is 1.50 bits per heavy atom. The molecule has 0 saturated heterocycles. The summed E-state index contributed by atoms with van der Waals surface area (Å²) in [4.78, 5) is 0. The summed E-state index contributed by atoms with van der Waals surface area (Å²) in [6.07, 6.45) is 0. The molecule has 0 saturated carbocycles. The third kappa shape index (κ3) is 1.51. The number of aryl methyl sites for hydroxylation is 1. The van der Waals surface area contributed by atoms with Crippen LogP contribution in [0.25, 0.3) is 0 Å². The molecule has 3 heteroatoms. The quantitative estimate of drug-likeness (QED) is 0.667. The molecule has 0 heterocycles. The van der Waals surface area contributed by atoms with Crippen LogP contribution in [0, 0.1) is 18.3 Å². The summed E-state index contributed by atoms with van der Waals surface area (Å²) >= 11 is 5.84. The molecule has 0 aliphatic heterocycles. The van der Waals surface area contributed by atoms with Crippen LogP contribution in [-0.4, -0.2) is 7.11 Å². The van der Waals surface area contributed by atoms with Gasteiger partial charge in [-0.2, -0.15) is 5.26 Å². The zero-order valence-corrected chi connectivity index (χ0v) is 7.64. The lowest BCUT2D eigenvalue weighted by atomic mass is 10.1. The first-order chi connectivity index (χ1) is 5.69. The highest BCUT2D eigenvalue weighted by molar-refractivity contribution is 6.32. The van der Waals surface area contributed by atoms with E-state index in [0.717, 1.165) is 5.56 Å². The third-order valence-electron chi connectivity index (χ3n) is 1.58. The van der Waals surface area contributed by atoms with Crippen molar-refractivity contribution >= 4 is 11.6 Å². The van der Waals surface area contributed by atoms with Crippen molar-refractivity contribution in [1.29, 1.82) is 5.26 Å². The SMILES string of the molecule is COc1cc(C)c(Cl)c(C#N)c1. The topological polar surface area (TPSA) is 33.0 Å². The van der Waals surface area contributed by atoms with Gasteiger partial charge in [-0.05, 0) is 24.6 Å². The molecule has 0 aromatic heterocycles. The van der Waals surface area contributed by atoms with Crippen LogP contribution in [0.1, 0.15) is 11.1 Å². The van der Waals surface area contributed by atoms with E-state index in [9.17, 15) is 0 Å². The van der Waals surface area contributed by atoms with Gasteiger partial charge in [0.2, 0.25) is 0 Å². The van der Waals surface area contributed by atoms with Crippen molar-refractivity contribution in [1.82, 2.24) is 0 Å². The summed E-state index contributed by atoms with van der Waals surface area (Å²) in [5.41, 5.74) is 1.31. The Bertz CT molecular complexity index is 341. The Kier molecular flexibility index (Phi) is 2.57. The van der Waals surface area contributed by atoms with E-state index in [4.69, 9.17) is 21.6 Å². The molecule has 1 aromatic rings. The number of nitriles is 1. The summed E-state index contributed by atoms with van der Waals surface area (Å²) < 4.78 is 4.98. The summed E-state index contributed by atoms with van der Waals surface area (Å²) in [7, 11) is 1.56. The van der Waals surface area contributed by atoms with Crippen LogP contribution in [0.5, 0.6) is 5.75 Å². The van der Waals surface area contributed by atoms with Crippen molar-refractivity contribution in [3.8, 4) is 11.8 Å². The van der Waals surface area contributed by atoms with Gasteiger partial charge in [0.1, 0.15) is 11.8 Å². The molecule has 0 atom stereocenters. The van der Waals surface area contributed by atoms with Crippen LogP contribution >= 0.6 is 11.6 Å². The Hall–Kier alpha value is -1.20. The molecule has 1 rings (SSSR count). The molecule has 0 aliphatic carbocycles. The van der Waals surface area contributed by atoms with Crippen LogP contribution in [0.2, 0.25) is 5.02 Å². The number of rotatable bonds is 1. The maximum atomic E-state index is 8.67. The van der Waals surface area contributed by atoms with Crippen molar-refractivity contribution in [3.63, 3.8) is 0 Å². The maximum Gasteiger partial charge on any atom is 0.120 e. The van der Waals surface area contributed by atoms with E-state index in [1.54, 1.807) is 19.2 Å². The van der Waals surface area contributed by atoms with Crippen molar-refractivity contribution in [3.05, 3.63) is 28.3 Å². The molecule has 0 N–H and O–H groups in total. The monoisotopic (exact) mass is 181 g/mol. The van der Waals surface area contributed by atoms with Crippen LogP contribution in [0.3, 0.4) is 0 Å². The first kappa shape index (κ1) is 8.89. The van der Waals surface area contributed by atoms with Crippen LogP contribution in [0.15, 0.2) is 12.1 Å². The minimum Gasteiger partial charge on any atom is -0.497 e. The smallest absolute Gasteiger partial charge is 0.120 e. The molecule has 12 heavy (non-hydrogen) atoms. The minimum atomic E-state index is 0.452. The summed E-state index contributed by atoms with van der Waals surface area (Å²) in [6, 6.07) is 5.41. The van der Waals surface area contributed by atoms with E-state index in [0.29, 0.717) is 16.3 Å². The lowest BCUT2D eigenvalue weighted by molar-refractivity contribution is 0.414. The molecular formula is C9H8ClNO. The highest BCUT2D eigenvalue weighted by Crippen LogP contribution is 2.25. The van der Waals surface area contributed by atoms with E-state index in [1.165, 1.54) is 0 Å². The van der Waals surface area contributed by atoms with E-state index < -0.39 is 0 Å². The zero-order valence-electron chi connectivity index (χ0n) is 6.89. The highest BCUT2D eigenvalue weighted by Gasteiger charge is 2.04. The van der Waals surface area contributed by atoms with E-state index in [-0.39, 0.29) is 0 Å². The average molecular weight is 182 g/mol. The average Bonchev–Trinajstić information content (AvgIpc) is 2.09. The van der Waals surface area contributed by atoms with Gasteiger partial charge in [-0.1, -0.05) is 11.6 Å². The molecule has 0 fully saturated rings. The minimum absolute atomic E-state index is 0.452. The van der Waals surface area contributed by atoms with Gasteiger partial charge in [0, 0.05) is 0 Å². The number of halogens is 1. The van der Waals surface area contributed by atoms with Gasteiger partial charge in [0.25, 0.3) is 0 Å². The molecule has 2 nitrogen and oxygen atoms in total. The lowest BCUT2D eigenvalue weighted by Gasteiger charge is -2.04. The number of nitrogens with zero attached hydrogens (tertiary/aromatic N) is 1. The standard InChI is InChI=1S/C9H8ClNO/c1-6-3-8(12-2)4-7(5-11)9(6)10/h3-4H,1-2H3. The summed E-state index contributed by atoms with van der Waals surface area (Å²) in [6.45, 7) is 1.84. The van der Waals surface area contributed by atoms with E-state index in [1.807, 2.05) is 13.0 Å². The first-order valence-electron chi connectivity index (χ1n) is 3.43. The number of benzene rings is 1. The molecule has 0 amide bonds. The second-order valence-electron chi connectivity index (χ2n) is 2.42. The zero-order chi connectivity index (χ0) is 9.14. The van der Waals surface area contributed by atoms with Crippen molar-refractivity contribution in [2.24, 2.45) is 0 Å². The molecule has 62 valence electrons. The van der Waals surface area contributed by atoms with Gasteiger partial charge in [0.05, 0.1) is 17.7 Å². The van der Waals surface area contributed by atoms with E-state index >= 15 is 0 Å². The van der Waals surface area contributed by atoms with Crippen LogP contribution in [0.4, 0.5) is 0 Å². The van der Waals surface area contributed by atoms with Gasteiger partial charge in [0.15, 0.2) is 0 Å². The Labute approximate surface area is 76.3 Å².